The number of rotatable bonds is 6. The second-order valence-electron chi connectivity index (χ2n) is 5.34. The maximum atomic E-state index is 10.5. The van der Waals surface area contributed by atoms with Crippen molar-refractivity contribution >= 4 is 0 Å². The summed E-state index contributed by atoms with van der Waals surface area (Å²) in [5.41, 5.74) is 3.02. The summed E-state index contributed by atoms with van der Waals surface area (Å²) in [5, 5.41) is 15.0. The Balaban J connectivity index is 2.20. The van der Waals surface area contributed by atoms with Crippen LogP contribution in [0, 0.1) is 0 Å². The Morgan fingerprint density at radius 3 is 2.65 bits per heavy atom. The van der Waals surface area contributed by atoms with E-state index in [-0.39, 0.29) is 0 Å². The van der Waals surface area contributed by atoms with Crippen molar-refractivity contribution in [2.45, 2.75) is 59.2 Å². The van der Waals surface area contributed by atoms with Crippen molar-refractivity contribution in [2.75, 3.05) is 0 Å². The smallest absolute Gasteiger partial charge is 0.101 e. The van der Waals surface area contributed by atoms with E-state index in [0.29, 0.717) is 12.5 Å². The summed E-state index contributed by atoms with van der Waals surface area (Å²) >= 11 is 0. The predicted molar refractivity (Wildman–Crippen MR) is 78.6 cm³/mol. The normalized spacial score (nSPS) is 13.1. The second kappa shape index (κ2) is 6.22. The number of aliphatic hydroxyl groups excluding tert-OH is 1. The maximum Gasteiger partial charge on any atom is 0.101 e. The van der Waals surface area contributed by atoms with Crippen LogP contribution >= 0.6 is 0 Å². The quantitative estimate of drug-likeness (QED) is 0.882. The van der Waals surface area contributed by atoms with Gasteiger partial charge in [0.15, 0.2) is 0 Å². The van der Waals surface area contributed by atoms with E-state index in [2.05, 4.69) is 43.8 Å². The number of hydrogen-bond acceptors (Lipinski definition) is 3. The minimum atomic E-state index is -0.549. The van der Waals surface area contributed by atoms with Gasteiger partial charge in [0.25, 0.3) is 0 Å². The molecule has 0 aromatic carbocycles. The van der Waals surface area contributed by atoms with Gasteiger partial charge >= 0.3 is 0 Å². The molecule has 2 rings (SSSR count). The van der Waals surface area contributed by atoms with E-state index in [1.54, 1.807) is 12.5 Å². The number of aromatic nitrogens is 4. The molecule has 0 aliphatic carbocycles. The van der Waals surface area contributed by atoms with Gasteiger partial charge in [-0.1, -0.05) is 6.92 Å². The first-order chi connectivity index (χ1) is 9.56. The summed E-state index contributed by atoms with van der Waals surface area (Å²) in [6.45, 7) is 9.16. The molecule has 0 spiro atoms. The monoisotopic (exact) mass is 276 g/mol. The van der Waals surface area contributed by atoms with Crippen LogP contribution in [0.5, 0.6) is 0 Å². The highest BCUT2D eigenvalue weighted by molar-refractivity contribution is 5.15. The Morgan fingerprint density at radius 2 is 2.05 bits per heavy atom. The van der Waals surface area contributed by atoms with Crippen molar-refractivity contribution in [3.05, 3.63) is 35.7 Å². The third kappa shape index (κ3) is 2.93. The average Bonchev–Trinajstić information content (AvgIpc) is 3.04. The third-order valence-corrected chi connectivity index (χ3v) is 3.57. The summed E-state index contributed by atoms with van der Waals surface area (Å²) in [4.78, 5) is 4.15. The molecule has 0 amide bonds. The lowest BCUT2D eigenvalue weighted by Gasteiger charge is -2.16. The Hall–Kier alpha value is -1.62. The number of hydrogen-bond donors (Lipinski definition) is 1. The van der Waals surface area contributed by atoms with Crippen LogP contribution in [0.1, 0.15) is 56.9 Å². The van der Waals surface area contributed by atoms with E-state index >= 15 is 0 Å². The zero-order chi connectivity index (χ0) is 14.7. The maximum absolute atomic E-state index is 10.5. The van der Waals surface area contributed by atoms with Gasteiger partial charge in [-0.05, 0) is 33.3 Å². The van der Waals surface area contributed by atoms with E-state index < -0.39 is 6.10 Å². The Labute approximate surface area is 120 Å². The van der Waals surface area contributed by atoms with Gasteiger partial charge in [0.1, 0.15) is 6.10 Å². The van der Waals surface area contributed by atoms with E-state index in [4.69, 9.17) is 0 Å². The second-order valence-corrected chi connectivity index (χ2v) is 5.34. The van der Waals surface area contributed by atoms with Crippen LogP contribution in [0.2, 0.25) is 0 Å². The standard InChI is InChI=1S/C15H24N4O/c1-5-12-7-13(19(6-2)17-12)8-15(20)14-9-16-10-18(14)11(3)4/h7,9-11,15,20H,5-6,8H2,1-4H3. The van der Waals surface area contributed by atoms with Crippen molar-refractivity contribution in [1.82, 2.24) is 19.3 Å². The molecule has 1 unspecified atom stereocenters. The van der Waals surface area contributed by atoms with Crippen molar-refractivity contribution < 1.29 is 5.11 Å². The third-order valence-electron chi connectivity index (χ3n) is 3.57. The molecule has 1 N–H and O–H groups in total. The minimum absolute atomic E-state index is 0.296. The first kappa shape index (κ1) is 14.8. The summed E-state index contributed by atoms with van der Waals surface area (Å²) < 4.78 is 3.98. The minimum Gasteiger partial charge on any atom is -0.386 e. The van der Waals surface area contributed by atoms with E-state index in [1.807, 2.05) is 9.25 Å². The van der Waals surface area contributed by atoms with Crippen molar-refractivity contribution in [3.63, 3.8) is 0 Å². The van der Waals surface area contributed by atoms with Gasteiger partial charge in [0.2, 0.25) is 0 Å². The van der Waals surface area contributed by atoms with Gasteiger partial charge in [-0.3, -0.25) is 4.68 Å². The summed E-state index contributed by atoms with van der Waals surface area (Å²) in [7, 11) is 0. The molecule has 2 aromatic rings. The highest BCUT2D eigenvalue weighted by atomic mass is 16.3. The molecule has 2 aromatic heterocycles. The van der Waals surface area contributed by atoms with Crippen LogP contribution in [0.4, 0.5) is 0 Å². The predicted octanol–water partition coefficient (Wildman–Crippen LogP) is 2.52. The van der Waals surface area contributed by atoms with Gasteiger partial charge in [0, 0.05) is 24.7 Å². The van der Waals surface area contributed by atoms with Gasteiger partial charge < -0.3 is 9.67 Å². The molecule has 2 heterocycles. The lowest BCUT2D eigenvalue weighted by Crippen LogP contribution is -2.13. The highest BCUT2D eigenvalue weighted by Crippen LogP contribution is 2.21. The van der Waals surface area contributed by atoms with Crippen LogP contribution in [0.15, 0.2) is 18.6 Å². The zero-order valence-corrected chi connectivity index (χ0v) is 12.7. The molecule has 0 saturated carbocycles. The Kier molecular flexibility index (Phi) is 4.60. The number of imidazole rings is 1. The van der Waals surface area contributed by atoms with Gasteiger partial charge in [-0.25, -0.2) is 4.98 Å². The van der Waals surface area contributed by atoms with Gasteiger partial charge in [-0.2, -0.15) is 5.10 Å². The molecule has 0 aliphatic heterocycles. The van der Waals surface area contributed by atoms with Gasteiger partial charge in [0.05, 0.1) is 23.9 Å². The molecule has 110 valence electrons. The molecule has 0 bridgehead atoms. The van der Waals surface area contributed by atoms with Crippen LogP contribution in [0.25, 0.3) is 0 Å². The first-order valence-corrected chi connectivity index (χ1v) is 7.32. The largest absolute Gasteiger partial charge is 0.386 e. The lowest BCUT2D eigenvalue weighted by atomic mass is 10.1. The van der Waals surface area contributed by atoms with Crippen LogP contribution < -0.4 is 0 Å². The Morgan fingerprint density at radius 1 is 1.30 bits per heavy atom. The molecular formula is C15H24N4O. The fraction of sp³-hybridized carbons (Fsp3) is 0.600. The molecular weight excluding hydrogens is 252 g/mol. The van der Waals surface area contributed by atoms with E-state index in [9.17, 15) is 5.11 Å². The molecule has 0 saturated heterocycles. The van der Waals surface area contributed by atoms with Crippen molar-refractivity contribution in [1.29, 1.82) is 0 Å². The van der Waals surface area contributed by atoms with E-state index in [0.717, 1.165) is 30.0 Å². The highest BCUT2D eigenvalue weighted by Gasteiger charge is 2.17. The average molecular weight is 276 g/mol. The van der Waals surface area contributed by atoms with Crippen LogP contribution in [-0.2, 0) is 19.4 Å². The molecule has 0 radical (unpaired) electrons. The summed E-state index contributed by atoms with van der Waals surface area (Å²) in [5.74, 6) is 0. The zero-order valence-electron chi connectivity index (χ0n) is 12.7. The van der Waals surface area contributed by atoms with Crippen LogP contribution in [0.3, 0.4) is 0 Å². The fourth-order valence-corrected chi connectivity index (χ4v) is 2.43. The Bertz CT molecular complexity index is 556. The van der Waals surface area contributed by atoms with E-state index in [1.165, 1.54) is 0 Å². The molecule has 1 atom stereocenters. The first-order valence-electron chi connectivity index (χ1n) is 7.32. The molecule has 0 aliphatic rings. The number of aryl methyl sites for hydroxylation is 2. The molecule has 5 nitrogen and oxygen atoms in total. The summed E-state index contributed by atoms with van der Waals surface area (Å²) in [6.07, 6.45) is 4.46. The topological polar surface area (TPSA) is 55.9 Å². The van der Waals surface area contributed by atoms with Crippen molar-refractivity contribution in [3.8, 4) is 0 Å². The van der Waals surface area contributed by atoms with Crippen molar-refractivity contribution in [2.24, 2.45) is 0 Å². The fourth-order valence-electron chi connectivity index (χ4n) is 2.43. The van der Waals surface area contributed by atoms with Crippen LogP contribution in [-0.4, -0.2) is 24.4 Å². The molecule has 20 heavy (non-hydrogen) atoms. The number of aliphatic hydroxyl groups is 1. The summed E-state index contributed by atoms with van der Waals surface area (Å²) in [6, 6.07) is 2.38. The molecule has 0 fully saturated rings. The van der Waals surface area contributed by atoms with Gasteiger partial charge in [-0.15, -0.1) is 0 Å². The SMILES string of the molecule is CCc1cc(CC(O)c2cncn2C(C)C)n(CC)n1. The number of nitrogens with zero attached hydrogens (tertiary/aromatic N) is 4. The lowest BCUT2D eigenvalue weighted by molar-refractivity contribution is 0.164. The molecule has 5 heteroatoms.